The molecule has 0 spiro atoms. The molecule has 0 bridgehead atoms. The molecular formula is C18H20N4O2S2. The van der Waals surface area contributed by atoms with Gasteiger partial charge in [-0.05, 0) is 31.1 Å². The van der Waals surface area contributed by atoms with Crippen LogP contribution >= 0.6 is 24.0 Å². The number of unbranched alkanes of at least 4 members (excludes halogenated alkanes) is 1. The average Bonchev–Trinajstić information content (AvgIpc) is 2.89. The monoisotopic (exact) mass is 388 g/mol. The van der Waals surface area contributed by atoms with Gasteiger partial charge in [-0.15, -0.1) is 0 Å². The number of fused-ring (bicyclic) bond motifs is 1. The first kappa shape index (κ1) is 18.6. The quantitative estimate of drug-likeness (QED) is 0.627. The van der Waals surface area contributed by atoms with E-state index in [2.05, 4.69) is 17.2 Å². The molecule has 6 nitrogen and oxygen atoms in total. The molecule has 1 fully saturated rings. The number of hydrogen-bond acceptors (Lipinski definition) is 6. The zero-order chi connectivity index (χ0) is 18.8. The third-order valence-electron chi connectivity index (χ3n) is 4.21. The van der Waals surface area contributed by atoms with Crippen LogP contribution in [0.5, 0.6) is 0 Å². The molecule has 0 saturated carbocycles. The molecule has 0 unspecified atom stereocenters. The zero-order valence-electron chi connectivity index (χ0n) is 14.9. The van der Waals surface area contributed by atoms with Crippen LogP contribution in [0, 0.1) is 6.92 Å². The molecule has 2 aromatic rings. The maximum absolute atomic E-state index is 13.0. The topological polar surface area (TPSA) is 66.7 Å². The van der Waals surface area contributed by atoms with Gasteiger partial charge in [-0.2, -0.15) is 0 Å². The van der Waals surface area contributed by atoms with Crippen molar-refractivity contribution >= 4 is 51.7 Å². The number of carbonyl (C=O) groups excluding carboxylic acids is 1. The van der Waals surface area contributed by atoms with E-state index in [0.29, 0.717) is 32.8 Å². The van der Waals surface area contributed by atoms with Crippen molar-refractivity contribution in [2.45, 2.75) is 26.7 Å². The maximum Gasteiger partial charge on any atom is 0.267 e. The highest BCUT2D eigenvalue weighted by Crippen LogP contribution is 2.33. The molecule has 136 valence electrons. The summed E-state index contributed by atoms with van der Waals surface area (Å²) in [5, 5.41) is 2.97. The molecule has 0 aromatic carbocycles. The molecule has 3 heterocycles. The fourth-order valence-electron chi connectivity index (χ4n) is 2.77. The van der Waals surface area contributed by atoms with Crippen LogP contribution in [0.3, 0.4) is 0 Å². The number of carbonyl (C=O) groups is 1. The van der Waals surface area contributed by atoms with E-state index in [9.17, 15) is 9.59 Å². The van der Waals surface area contributed by atoms with Crippen LogP contribution in [0.25, 0.3) is 11.7 Å². The van der Waals surface area contributed by atoms with Crippen molar-refractivity contribution in [1.29, 1.82) is 0 Å². The molecule has 3 rings (SSSR count). The van der Waals surface area contributed by atoms with E-state index in [1.54, 1.807) is 30.3 Å². The van der Waals surface area contributed by atoms with Gasteiger partial charge in [-0.3, -0.25) is 18.9 Å². The largest absolute Gasteiger partial charge is 0.372 e. The van der Waals surface area contributed by atoms with Gasteiger partial charge in [0.1, 0.15) is 15.8 Å². The molecule has 1 N–H and O–H groups in total. The predicted octanol–water partition coefficient (Wildman–Crippen LogP) is 3.05. The summed E-state index contributed by atoms with van der Waals surface area (Å²) < 4.78 is 2.03. The van der Waals surface area contributed by atoms with Crippen LogP contribution in [-0.2, 0) is 4.79 Å². The van der Waals surface area contributed by atoms with Gasteiger partial charge in [0, 0.05) is 19.8 Å². The van der Waals surface area contributed by atoms with Crippen molar-refractivity contribution in [3.05, 3.63) is 44.7 Å². The Labute approximate surface area is 161 Å². The second-order valence-corrected chi connectivity index (χ2v) is 7.68. The molecule has 26 heavy (non-hydrogen) atoms. The highest BCUT2D eigenvalue weighted by Gasteiger charge is 2.32. The minimum atomic E-state index is -0.220. The molecule has 8 heteroatoms. The molecule has 1 amide bonds. The minimum Gasteiger partial charge on any atom is -0.372 e. The van der Waals surface area contributed by atoms with E-state index in [1.807, 2.05) is 13.0 Å². The number of nitrogens with one attached hydrogen (secondary N) is 1. The van der Waals surface area contributed by atoms with Crippen LogP contribution < -0.4 is 10.9 Å². The Hall–Kier alpha value is -2.19. The second-order valence-electron chi connectivity index (χ2n) is 6.00. The fourth-order valence-corrected chi connectivity index (χ4v) is 4.06. The summed E-state index contributed by atoms with van der Waals surface area (Å²) in [4.78, 5) is 32.2. The lowest BCUT2D eigenvalue weighted by Crippen LogP contribution is -2.29. The van der Waals surface area contributed by atoms with Crippen molar-refractivity contribution in [1.82, 2.24) is 14.3 Å². The Morgan fingerprint density at radius 2 is 2.15 bits per heavy atom. The van der Waals surface area contributed by atoms with Crippen LogP contribution in [0.4, 0.5) is 5.82 Å². The van der Waals surface area contributed by atoms with Crippen molar-refractivity contribution in [3.63, 3.8) is 0 Å². The lowest BCUT2D eigenvalue weighted by atomic mass is 10.2. The summed E-state index contributed by atoms with van der Waals surface area (Å²) in [6.07, 6.45) is 5.15. The second kappa shape index (κ2) is 7.59. The number of thioether (sulfide) groups is 1. The predicted molar refractivity (Wildman–Crippen MR) is 111 cm³/mol. The van der Waals surface area contributed by atoms with E-state index in [4.69, 9.17) is 12.2 Å². The first-order valence-electron chi connectivity index (χ1n) is 8.43. The van der Waals surface area contributed by atoms with Crippen molar-refractivity contribution in [2.24, 2.45) is 0 Å². The van der Waals surface area contributed by atoms with Crippen LogP contribution in [-0.4, -0.2) is 38.1 Å². The molecule has 0 aliphatic carbocycles. The van der Waals surface area contributed by atoms with Gasteiger partial charge in [-0.1, -0.05) is 43.4 Å². The highest BCUT2D eigenvalue weighted by atomic mass is 32.2. The first-order valence-corrected chi connectivity index (χ1v) is 9.65. The normalized spacial score (nSPS) is 16.1. The molecule has 1 saturated heterocycles. The SMILES string of the molecule is CCCCN1C(=O)/C(=C\c2c(NC)nc3c(C)cccn3c2=O)SC1=S. The van der Waals surface area contributed by atoms with Crippen LogP contribution in [0.15, 0.2) is 28.0 Å². The summed E-state index contributed by atoms with van der Waals surface area (Å²) in [7, 11) is 1.71. The number of nitrogens with zero attached hydrogens (tertiary/aromatic N) is 3. The van der Waals surface area contributed by atoms with Gasteiger partial charge in [-0.25, -0.2) is 4.98 Å². The van der Waals surface area contributed by atoms with Crippen molar-refractivity contribution < 1.29 is 4.79 Å². The maximum atomic E-state index is 13.0. The Balaban J connectivity index is 2.10. The fraction of sp³-hybridized carbons (Fsp3) is 0.333. The number of anilines is 1. The van der Waals surface area contributed by atoms with E-state index in [-0.39, 0.29) is 11.5 Å². The lowest BCUT2D eigenvalue weighted by molar-refractivity contribution is -0.122. The summed E-state index contributed by atoms with van der Waals surface area (Å²) in [6, 6.07) is 3.71. The summed E-state index contributed by atoms with van der Waals surface area (Å²) in [5.74, 6) is 0.298. The average molecular weight is 389 g/mol. The van der Waals surface area contributed by atoms with Gasteiger partial charge >= 0.3 is 0 Å². The van der Waals surface area contributed by atoms with Gasteiger partial charge in [0.25, 0.3) is 11.5 Å². The van der Waals surface area contributed by atoms with Crippen LogP contribution in [0.2, 0.25) is 0 Å². The standard InChI is InChI=1S/C18H20N4O2S2/c1-4-5-8-22-17(24)13(26-18(22)25)10-12-14(19-3)20-15-11(2)7-6-9-21(15)16(12)23/h6-7,9-10,19H,4-5,8H2,1-3H3/b13-10+. The smallest absolute Gasteiger partial charge is 0.267 e. The molecule has 1 aliphatic heterocycles. The zero-order valence-corrected chi connectivity index (χ0v) is 16.5. The van der Waals surface area contributed by atoms with Crippen molar-refractivity contribution in [2.75, 3.05) is 18.9 Å². The Morgan fingerprint density at radius 1 is 1.38 bits per heavy atom. The first-order chi connectivity index (χ1) is 12.5. The Bertz CT molecular complexity index is 981. The van der Waals surface area contributed by atoms with Crippen LogP contribution in [0.1, 0.15) is 30.9 Å². The van der Waals surface area contributed by atoms with Gasteiger partial charge < -0.3 is 5.32 Å². The molecule has 0 radical (unpaired) electrons. The minimum absolute atomic E-state index is 0.149. The summed E-state index contributed by atoms with van der Waals surface area (Å²) in [5.41, 5.74) is 1.63. The number of aromatic nitrogens is 2. The van der Waals surface area contributed by atoms with E-state index in [1.165, 1.54) is 16.2 Å². The number of hydrogen-bond donors (Lipinski definition) is 1. The number of pyridine rings is 1. The van der Waals surface area contributed by atoms with Gasteiger partial charge in [0.15, 0.2) is 0 Å². The third kappa shape index (κ3) is 3.26. The van der Waals surface area contributed by atoms with Gasteiger partial charge in [0.05, 0.1) is 10.5 Å². The van der Waals surface area contributed by atoms with E-state index < -0.39 is 0 Å². The number of aryl methyl sites for hydroxylation is 1. The Kier molecular flexibility index (Phi) is 5.43. The Morgan fingerprint density at radius 3 is 2.85 bits per heavy atom. The third-order valence-corrected chi connectivity index (χ3v) is 5.58. The summed E-state index contributed by atoms with van der Waals surface area (Å²) >= 11 is 6.55. The van der Waals surface area contributed by atoms with Gasteiger partial charge in [0.2, 0.25) is 0 Å². The molecule has 0 atom stereocenters. The van der Waals surface area contributed by atoms with E-state index >= 15 is 0 Å². The molecular weight excluding hydrogens is 368 g/mol. The van der Waals surface area contributed by atoms with E-state index in [0.717, 1.165) is 18.4 Å². The number of amides is 1. The molecule has 2 aromatic heterocycles. The number of thiocarbonyl (C=S) groups is 1. The molecule has 1 aliphatic rings. The lowest BCUT2D eigenvalue weighted by Gasteiger charge is -2.13. The highest BCUT2D eigenvalue weighted by molar-refractivity contribution is 8.26. The summed E-state index contributed by atoms with van der Waals surface area (Å²) in [6.45, 7) is 4.57. The number of rotatable bonds is 5. The van der Waals surface area contributed by atoms with Crippen molar-refractivity contribution in [3.8, 4) is 0 Å².